The molecule has 0 atom stereocenters. The summed E-state index contributed by atoms with van der Waals surface area (Å²) in [5.41, 5.74) is 5.13. The summed E-state index contributed by atoms with van der Waals surface area (Å²) < 4.78 is 9.66. The molecule has 0 aliphatic heterocycles. The number of ether oxygens (including phenoxy) is 2. The number of carbonyl (C=O) groups is 2. The molecule has 0 radical (unpaired) electrons. The first-order valence-electron chi connectivity index (χ1n) is 5.33. The number of aromatic nitrogens is 1. The lowest BCUT2D eigenvalue weighted by molar-refractivity contribution is 0.00625. The predicted molar refractivity (Wildman–Crippen MR) is 65.2 cm³/mol. The monoisotopic (exact) mass is 252 g/mol. The lowest BCUT2D eigenvalue weighted by Gasteiger charge is -2.19. The standard InChI is InChI=1S/C12H16N2O4/c1-12(2,3)18-11(16)8-6-5-7(9(13)14-8)10(15)17-4/h5-6H,1-4H3,(H2,13,14). The summed E-state index contributed by atoms with van der Waals surface area (Å²) in [6.45, 7) is 5.24. The zero-order chi connectivity index (χ0) is 13.9. The quantitative estimate of drug-likeness (QED) is 0.800. The molecule has 0 amide bonds. The number of methoxy groups -OCH3 is 1. The number of hydrogen-bond donors (Lipinski definition) is 1. The van der Waals surface area contributed by atoms with E-state index >= 15 is 0 Å². The number of anilines is 1. The van der Waals surface area contributed by atoms with E-state index in [1.54, 1.807) is 20.8 Å². The lowest BCUT2D eigenvalue weighted by Crippen LogP contribution is -2.24. The molecule has 0 fully saturated rings. The zero-order valence-corrected chi connectivity index (χ0v) is 10.8. The van der Waals surface area contributed by atoms with Crippen LogP contribution in [0.15, 0.2) is 12.1 Å². The van der Waals surface area contributed by atoms with E-state index in [1.165, 1.54) is 19.2 Å². The van der Waals surface area contributed by atoms with Gasteiger partial charge in [-0.3, -0.25) is 0 Å². The number of rotatable bonds is 2. The van der Waals surface area contributed by atoms with E-state index in [2.05, 4.69) is 9.72 Å². The fourth-order valence-electron chi connectivity index (χ4n) is 1.20. The molecule has 6 nitrogen and oxygen atoms in total. The topological polar surface area (TPSA) is 91.5 Å². The first kappa shape index (κ1) is 14.0. The number of nitrogens with zero attached hydrogens (tertiary/aromatic N) is 1. The van der Waals surface area contributed by atoms with Gasteiger partial charge in [-0.05, 0) is 32.9 Å². The van der Waals surface area contributed by atoms with Crippen molar-refractivity contribution in [1.82, 2.24) is 4.98 Å². The minimum Gasteiger partial charge on any atom is -0.465 e. The van der Waals surface area contributed by atoms with E-state index < -0.39 is 17.5 Å². The van der Waals surface area contributed by atoms with Crippen LogP contribution < -0.4 is 5.73 Å². The fraction of sp³-hybridized carbons (Fsp3) is 0.417. The molecule has 1 aromatic heterocycles. The Morgan fingerprint density at radius 1 is 1.22 bits per heavy atom. The van der Waals surface area contributed by atoms with Crippen molar-refractivity contribution in [2.24, 2.45) is 0 Å². The second-order valence-electron chi connectivity index (χ2n) is 4.62. The van der Waals surface area contributed by atoms with Gasteiger partial charge in [0.25, 0.3) is 0 Å². The molecule has 1 rings (SSSR count). The van der Waals surface area contributed by atoms with Gasteiger partial charge in [-0.15, -0.1) is 0 Å². The maximum absolute atomic E-state index is 11.7. The van der Waals surface area contributed by atoms with Crippen molar-refractivity contribution >= 4 is 17.8 Å². The zero-order valence-electron chi connectivity index (χ0n) is 10.8. The second-order valence-corrected chi connectivity index (χ2v) is 4.62. The van der Waals surface area contributed by atoms with E-state index in [9.17, 15) is 9.59 Å². The highest BCUT2D eigenvalue weighted by Crippen LogP contribution is 2.15. The number of pyridine rings is 1. The van der Waals surface area contributed by atoms with E-state index in [0.717, 1.165) is 0 Å². The van der Waals surface area contributed by atoms with E-state index in [1.807, 2.05) is 0 Å². The van der Waals surface area contributed by atoms with Crippen molar-refractivity contribution < 1.29 is 19.1 Å². The Balaban J connectivity index is 2.98. The van der Waals surface area contributed by atoms with Crippen molar-refractivity contribution in [1.29, 1.82) is 0 Å². The smallest absolute Gasteiger partial charge is 0.357 e. The minimum absolute atomic E-state index is 0.0510. The van der Waals surface area contributed by atoms with Crippen LogP contribution in [0.2, 0.25) is 0 Å². The van der Waals surface area contributed by atoms with Crippen LogP contribution in [0.4, 0.5) is 5.82 Å². The van der Waals surface area contributed by atoms with Crippen molar-refractivity contribution in [2.75, 3.05) is 12.8 Å². The fourth-order valence-corrected chi connectivity index (χ4v) is 1.20. The second kappa shape index (κ2) is 5.03. The Kier molecular flexibility index (Phi) is 3.90. The third-order valence-electron chi connectivity index (χ3n) is 1.94. The Morgan fingerprint density at radius 2 is 1.83 bits per heavy atom. The van der Waals surface area contributed by atoms with Gasteiger partial charge < -0.3 is 15.2 Å². The van der Waals surface area contributed by atoms with Crippen LogP contribution in [0.3, 0.4) is 0 Å². The van der Waals surface area contributed by atoms with Crippen LogP contribution >= 0.6 is 0 Å². The third kappa shape index (κ3) is 3.44. The number of nitrogens with two attached hydrogens (primary N) is 1. The van der Waals surface area contributed by atoms with Crippen LogP contribution in [0.5, 0.6) is 0 Å². The molecule has 0 aromatic carbocycles. The molecular weight excluding hydrogens is 236 g/mol. The van der Waals surface area contributed by atoms with Gasteiger partial charge in [-0.1, -0.05) is 0 Å². The summed E-state index contributed by atoms with van der Waals surface area (Å²) in [6, 6.07) is 2.75. The highest BCUT2D eigenvalue weighted by Gasteiger charge is 2.20. The van der Waals surface area contributed by atoms with Crippen molar-refractivity contribution in [3.05, 3.63) is 23.4 Å². The molecule has 0 unspecified atom stereocenters. The van der Waals surface area contributed by atoms with E-state index in [4.69, 9.17) is 10.5 Å². The summed E-state index contributed by atoms with van der Waals surface area (Å²) in [6.07, 6.45) is 0. The van der Waals surface area contributed by atoms with Crippen LogP contribution in [0.1, 0.15) is 41.6 Å². The van der Waals surface area contributed by atoms with Gasteiger partial charge in [0.05, 0.1) is 7.11 Å². The molecule has 2 N–H and O–H groups in total. The predicted octanol–water partition coefficient (Wildman–Crippen LogP) is 1.41. The molecule has 1 heterocycles. The molecule has 0 saturated carbocycles. The van der Waals surface area contributed by atoms with Gasteiger partial charge in [0, 0.05) is 0 Å². The molecule has 0 spiro atoms. The summed E-state index contributed by atoms with van der Waals surface area (Å²) in [5, 5.41) is 0. The van der Waals surface area contributed by atoms with Gasteiger partial charge in [0.15, 0.2) is 5.69 Å². The number of nitrogen functional groups attached to an aromatic ring is 1. The summed E-state index contributed by atoms with van der Waals surface area (Å²) in [4.78, 5) is 26.8. The average Bonchev–Trinajstić information content (AvgIpc) is 2.25. The van der Waals surface area contributed by atoms with Crippen molar-refractivity contribution in [3.8, 4) is 0 Å². The molecular formula is C12H16N2O4. The number of hydrogen-bond acceptors (Lipinski definition) is 6. The van der Waals surface area contributed by atoms with Crippen LogP contribution in [0, 0.1) is 0 Å². The average molecular weight is 252 g/mol. The SMILES string of the molecule is COC(=O)c1ccc(C(=O)OC(C)(C)C)nc1N. The Hall–Kier alpha value is -2.11. The minimum atomic E-state index is -0.617. The van der Waals surface area contributed by atoms with Crippen molar-refractivity contribution in [2.45, 2.75) is 26.4 Å². The highest BCUT2D eigenvalue weighted by molar-refractivity contribution is 5.96. The molecule has 0 aliphatic carbocycles. The van der Waals surface area contributed by atoms with Gasteiger partial charge in [-0.25, -0.2) is 14.6 Å². The van der Waals surface area contributed by atoms with Gasteiger partial charge in [0.1, 0.15) is 17.0 Å². The Labute approximate surface area is 105 Å². The highest BCUT2D eigenvalue weighted by atomic mass is 16.6. The number of esters is 2. The maximum Gasteiger partial charge on any atom is 0.357 e. The molecule has 0 bridgehead atoms. The molecule has 1 aromatic rings. The van der Waals surface area contributed by atoms with Crippen LogP contribution in [-0.4, -0.2) is 29.6 Å². The van der Waals surface area contributed by atoms with Crippen LogP contribution in [-0.2, 0) is 9.47 Å². The van der Waals surface area contributed by atoms with E-state index in [0.29, 0.717) is 0 Å². The van der Waals surface area contributed by atoms with Crippen molar-refractivity contribution in [3.63, 3.8) is 0 Å². The van der Waals surface area contributed by atoms with Crippen LogP contribution in [0.25, 0.3) is 0 Å². The Morgan fingerprint density at radius 3 is 2.28 bits per heavy atom. The molecule has 98 valence electrons. The van der Waals surface area contributed by atoms with E-state index in [-0.39, 0.29) is 17.1 Å². The Bertz CT molecular complexity index is 477. The largest absolute Gasteiger partial charge is 0.465 e. The summed E-state index contributed by atoms with van der Waals surface area (Å²) >= 11 is 0. The maximum atomic E-state index is 11.7. The van der Waals surface area contributed by atoms with Gasteiger partial charge >= 0.3 is 11.9 Å². The number of carbonyl (C=O) groups excluding carboxylic acids is 2. The normalized spacial score (nSPS) is 10.9. The molecule has 6 heteroatoms. The summed E-state index contributed by atoms with van der Waals surface area (Å²) in [5.74, 6) is -1.26. The molecule has 0 aliphatic rings. The molecule has 0 saturated heterocycles. The third-order valence-corrected chi connectivity index (χ3v) is 1.94. The first-order valence-corrected chi connectivity index (χ1v) is 5.33. The van der Waals surface area contributed by atoms with Gasteiger partial charge in [0.2, 0.25) is 0 Å². The lowest BCUT2D eigenvalue weighted by atomic mass is 10.2. The summed E-state index contributed by atoms with van der Waals surface area (Å²) in [7, 11) is 1.24. The first-order chi connectivity index (χ1) is 8.24. The van der Waals surface area contributed by atoms with Gasteiger partial charge in [-0.2, -0.15) is 0 Å². The molecule has 18 heavy (non-hydrogen) atoms.